The topological polar surface area (TPSA) is 93.5 Å². The predicted octanol–water partition coefficient (Wildman–Crippen LogP) is 2.78. The first-order chi connectivity index (χ1) is 15.0. The van der Waals surface area contributed by atoms with E-state index in [4.69, 9.17) is 4.74 Å². The van der Waals surface area contributed by atoms with Gasteiger partial charge < -0.3 is 14.6 Å². The Labute approximate surface area is 181 Å². The molecule has 0 atom stereocenters. The number of imidazole rings is 1. The number of rotatable bonds is 7. The Morgan fingerprint density at radius 1 is 1.16 bits per heavy atom. The molecule has 2 heterocycles. The van der Waals surface area contributed by atoms with Crippen molar-refractivity contribution in [3.8, 4) is 5.75 Å². The highest BCUT2D eigenvalue weighted by Crippen LogP contribution is 2.30. The molecule has 0 spiro atoms. The van der Waals surface area contributed by atoms with E-state index in [-0.39, 0.29) is 28.7 Å². The second kappa shape index (κ2) is 8.68. The maximum absolute atomic E-state index is 13.1. The number of hydrogen-bond acceptors (Lipinski definition) is 5. The maximum Gasteiger partial charge on any atom is 0.251 e. The number of methoxy groups -OCH3 is 1. The van der Waals surface area contributed by atoms with Crippen molar-refractivity contribution in [1.82, 2.24) is 19.2 Å². The third-order valence-corrected chi connectivity index (χ3v) is 7.49. The van der Waals surface area contributed by atoms with Gasteiger partial charge in [-0.3, -0.25) is 4.79 Å². The third-order valence-electron chi connectivity index (χ3n) is 5.57. The summed E-state index contributed by atoms with van der Waals surface area (Å²) in [5.74, 6) is 0.613. The Morgan fingerprint density at radius 2 is 1.90 bits per heavy atom. The van der Waals surface area contributed by atoms with Gasteiger partial charge in [0.15, 0.2) is 0 Å². The molecule has 1 aliphatic heterocycles. The lowest BCUT2D eigenvalue weighted by atomic mass is 10.2. The number of aromatic nitrogens is 2. The zero-order valence-corrected chi connectivity index (χ0v) is 18.5. The van der Waals surface area contributed by atoms with Gasteiger partial charge in [-0.15, -0.1) is 0 Å². The van der Waals surface area contributed by atoms with Crippen LogP contribution in [0.5, 0.6) is 5.75 Å². The van der Waals surface area contributed by atoms with Crippen LogP contribution in [0.2, 0.25) is 0 Å². The zero-order chi connectivity index (χ0) is 22.0. The molecule has 1 N–H and O–H groups in total. The Kier molecular flexibility index (Phi) is 5.97. The van der Waals surface area contributed by atoms with Crippen molar-refractivity contribution in [3.05, 3.63) is 53.9 Å². The number of nitrogens with one attached hydrogen (secondary N) is 1. The average Bonchev–Trinajstić information content (AvgIpc) is 3.45. The van der Waals surface area contributed by atoms with Gasteiger partial charge in [0.05, 0.1) is 24.7 Å². The fourth-order valence-corrected chi connectivity index (χ4v) is 5.66. The number of sulfonamides is 1. The third kappa shape index (κ3) is 4.03. The van der Waals surface area contributed by atoms with Gasteiger partial charge in [-0.25, -0.2) is 13.4 Å². The molecule has 1 amide bonds. The number of benzene rings is 2. The van der Waals surface area contributed by atoms with Crippen LogP contribution in [0, 0.1) is 0 Å². The Balaban J connectivity index is 1.58. The molecule has 0 radical (unpaired) electrons. The largest absolute Gasteiger partial charge is 0.495 e. The van der Waals surface area contributed by atoms with Crippen molar-refractivity contribution in [3.63, 3.8) is 0 Å². The molecule has 31 heavy (non-hydrogen) atoms. The van der Waals surface area contributed by atoms with E-state index in [1.165, 1.54) is 23.5 Å². The highest BCUT2D eigenvalue weighted by atomic mass is 32.2. The second-order valence-electron chi connectivity index (χ2n) is 7.42. The Bertz CT molecular complexity index is 1210. The molecule has 1 aliphatic rings. The van der Waals surface area contributed by atoms with Gasteiger partial charge in [0.2, 0.25) is 10.0 Å². The summed E-state index contributed by atoms with van der Waals surface area (Å²) in [6.07, 6.45) is 1.67. The molecule has 3 aromatic rings. The first-order valence-corrected chi connectivity index (χ1v) is 11.8. The van der Waals surface area contributed by atoms with E-state index in [2.05, 4.69) is 10.3 Å². The molecule has 9 heteroatoms. The summed E-state index contributed by atoms with van der Waals surface area (Å²) in [6.45, 7) is 3.96. The number of nitrogens with zero attached hydrogens (tertiary/aromatic N) is 3. The number of hydrogen-bond donors (Lipinski definition) is 1. The summed E-state index contributed by atoms with van der Waals surface area (Å²) in [5, 5.41) is 2.87. The minimum absolute atomic E-state index is 0.0188. The normalized spacial score (nSPS) is 14.8. The van der Waals surface area contributed by atoms with E-state index in [1.54, 1.807) is 6.07 Å². The number of aryl methyl sites for hydroxylation is 1. The molecule has 0 aliphatic carbocycles. The minimum atomic E-state index is -3.72. The summed E-state index contributed by atoms with van der Waals surface area (Å²) < 4.78 is 34.9. The first kappa shape index (κ1) is 21.3. The number of fused-ring (bicyclic) bond motifs is 1. The molecule has 0 bridgehead atoms. The van der Waals surface area contributed by atoms with Crippen molar-refractivity contribution in [1.29, 1.82) is 0 Å². The van der Waals surface area contributed by atoms with Gasteiger partial charge in [-0.1, -0.05) is 12.1 Å². The van der Waals surface area contributed by atoms with Gasteiger partial charge in [-0.2, -0.15) is 4.31 Å². The van der Waals surface area contributed by atoms with E-state index >= 15 is 0 Å². The summed E-state index contributed by atoms with van der Waals surface area (Å²) in [4.78, 5) is 17.5. The molecule has 1 saturated heterocycles. The SMILES string of the molecule is CCn1c(CNC(=O)c2ccc(OC)c(S(=O)(=O)N3CCCC3)c2)nc2ccccc21. The van der Waals surface area contributed by atoms with Crippen LogP contribution in [-0.4, -0.2) is 48.4 Å². The molecule has 2 aromatic carbocycles. The highest BCUT2D eigenvalue weighted by molar-refractivity contribution is 7.89. The molecule has 4 rings (SSSR count). The van der Waals surface area contributed by atoms with Crippen molar-refractivity contribution in [2.24, 2.45) is 0 Å². The van der Waals surface area contributed by atoms with Crippen molar-refractivity contribution in [2.75, 3.05) is 20.2 Å². The van der Waals surface area contributed by atoms with E-state index in [0.717, 1.165) is 36.2 Å². The number of carbonyl (C=O) groups is 1. The summed E-state index contributed by atoms with van der Waals surface area (Å²) in [6, 6.07) is 12.3. The quantitative estimate of drug-likeness (QED) is 0.607. The lowest BCUT2D eigenvalue weighted by molar-refractivity contribution is 0.0949. The lowest BCUT2D eigenvalue weighted by Crippen LogP contribution is -2.29. The van der Waals surface area contributed by atoms with Crippen LogP contribution in [0.25, 0.3) is 11.0 Å². The fraction of sp³-hybridized carbons (Fsp3) is 0.364. The van der Waals surface area contributed by atoms with Gasteiger partial charge in [-0.05, 0) is 50.1 Å². The van der Waals surface area contributed by atoms with Crippen LogP contribution in [-0.2, 0) is 23.1 Å². The van der Waals surface area contributed by atoms with Crippen molar-refractivity contribution in [2.45, 2.75) is 37.8 Å². The zero-order valence-electron chi connectivity index (χ0n) is 17.7. The van der Waals surface area contributed by atoms with Gasteiger partial charge >= 0.3 is 0 Å². The van der Waals surface area contributed by atoms with Gasteiger partial charge in [0, 0.05) is 25.2 Å². The molecule has 8 nitrogen and oxygen atoms in total. The second-order valence-corrected chi connectivity index (χ2v) is 9.33. The number of para-hydroxylation sites is 2. The van der Waals surface area contributed by atoms with Gasteiger partial charge in [0.25, 0.3) is 5.91 Å². The highest BCUT2D eigenvalue weighted by Gasteiger charge is 2.30. The van der Waals surface area contributed by atoms with Crippen LogP contribution in [0.1, 0.15) is 35.9 Å². The van der Waals surface area contributed by atoms with Crippen LogP contribution in [0.3, 0.4) is 0 Å². The number of carbonyl (C=O) groups excluding carboxylic acids is 1. The number of amides is 1. The Hall–Kier alpha value is -2.91. The van der Waals surface area contributed by atoms with E-state index in [9.17, 15) is 13.2 Å². The van der Waals surface area contributed by atoms with E-state index in [1.807, 2.05) is 35.8 Å². The van der Waals surface area contributed by atoms with Crippen LogP contribution < -0.4 is 10.1 Å². The molecule has 1 fully saturated rings. The monoisotopic (exact) mass is 442 g/mol. The molecule has 1 aromatic heterocycles. The molecule has 0 unspecified atom stereocenters. The summed E-state index contributed by atoms with van der Waals surface area (Å²) in [5.41, 5.74) is 2.15. The molecule has 0 saturated carbocycles. The standard InChI is InChI=1S/C22H26N4O4S/c1-3-26-18-9-5-4-8-17(18)24-21(26)15-23-22(27)16-10-11-19(30-2)20(14-16)31(28,29)25-12-6-7-13-25/h4-5,8-11,14H,3,6-7,12-13,15H2,1-2H3,(H,23,27). The summed E-state index contributed by atoms with van der Waals surface area (Å²) >= 11 is 0. The smallest absolute Gasteiger partial charge is 0.251 e. The minimum Gasteiger partial charge on any atom is -0.495 e. The average molecular weight is 443 g/mol. The number of ether oxygens (including phenoxy) is 1. The first-order valence-electron chi connectivity index (χ1n) is 10.4. The Morgan fingerprint density at radius 3 is 2.61 bits per heavy atom. The van der Waals surface area contributed by atoms with Crippen LogP contribution in [0.15, 0.2) is 47.4 Å². The maximum atomic E-state index is 13.1. The van der Waals surface area contributed by atoms with Crippen LogP contribution in [0.4, 0.5) is 0 Å². The fourth-order valence-electron chi connectivity index (χ4n) is 3.96. The molecular formula is C22H26N4O4S. The predicted molar refractivity (Wildman–Crippen MR) is 118 cm³/mol. The summed E-state index contributed by atoms with van der Waals surface area (Å²) in [7, 11) is -2.30. The van der Waals surface area contributed by atoms with E-state index < -0.39 is 10.0 Å². The van der Waals surface area contributed by atoms with E-state index in [0.29, 0.717) is 13.1 Å². The van der Waals surface area contributed by atoms with Crippen LogP contribution >= 0.6 is 0 Å². The van der Waals surface area contributed by atoms with Gasteiger partial charge in [0.1, 0.15) is 16.5 Å². The van der Waals surface area contributed by atoms with Crippen molar-refractivity contribution < 1.29 is 17.9 Å². The van der Waals surface area contributed by atoms with Crippen molar-refractivity contribution >= 4 is 27.0 Å². The molecule has 164 valence electrons. The lowest BCUT2D eigenvalue weighted by Gasteiger charge is -2.18. The molecular weight excluding hydrogens is 416 g/mol.